The van der Waals surface area contributed by atoms with Crippen molar-refractivity contribution in [1.82, 2.24) is 9.36 Å². The van der Waals surface area contributed by atoms with Crippen LogP contribution < -0.4 is 24.7 Å². The third-order valence-corrected chi connectivity index (χ3v) is 7.87. The van der Waals surface area contributed by atoms with E-state index in [-0.39, 0.29) is 22.0 Å². The molecule has 0 aliphatic rings. The average molecular weight is 537 g/mol. The topological polar surface area (TPSA) is 112 Å². The first-order valence-corrected chi connectivity index (χ1v) is 13.1. The fourth-order valence-corrected chi connectivity index (χ4v) is 5.48. The Balaban J connectivity index is 1.74. The SMILES string of the molecule is COc1ccc(N(CC(=O)Nc2c(C)n(C)n(-c3ccccc3)c2=O)S(=O)(=O)c2ccccc2)c(OC)c1. The van der Waals surface area contributed by atoms with Crippen molar-refractivity contribution in [3.05, 3.63) is 94.9 Å². The van der Waals surface area contributed by atoms with Crippen LogP contribution in [0.5, 0.6) is 11.5 Å². The Morgan fingerprint density at radius 3 is 2.18 bits per heavy atom. The summed E-state index contributed by atoms with van der Waals surface area (Å²) in [5.74, 6) is -0.0548. The molecule has 38 heavy (non-hydrogen) atoms. The van der Waals surface area contributed by atoms with Crippen LogP contribution >= 0.6 is 0 Å². The van der Waals surface area contributed by atoms with Crippen molar-refractivity contribution in [2.45, 2.75) is 11.8 Å². The summed E-state index contributed by atoms with van der Waals surface area (Å²) in [5.41, 5.74) is 0.884. The molecule has 1 aromatic heterocycles. The Labute approximate surface area is 220 Å². The lowest BCUT2D eigenvalue weighted by molar-refractivity contribution is -0.114. The summed E-state index contributed by atoms with van der Waals surface area (Å²) in [6, 6.07) is 21.4. The van der Waals surface area contributed by atoms with Crippen LogP contribution in [0.2, 0.25) is 0 Å². The minimum atomic E-state index is -4.20. The van der Waals surface area contributed by atoms with Crippen LogP contribution in [0, 0.1) is 6.92 Å². The Morgan fingerprint density at radius 1 is 0.947 bits per heavy atom. The van der Waals surface area contributed by atoms with Gasteiger partial charge in [-0.05, 0) is 43.3 Å². The molecule has 0 saturated heterocycles. The van der Waals surface area contributed by atoms with Gasteiger partial charge in [0, 0.05) is 13.1 Å². The van der Waals surface area contributed by atoms with Crippen molar-refractivity contribution >= 4 is 27.3 Å². The maximum absolute atomic E-state index is 13.7. The van der Waals surface area contributed by atoms with Gasteiger partial charge in [-0.3, -0.25) is 18.6 Å². The van der Waals surface area contributed by atoms with E-state index >= 15 is 0 Å². The molecular weight excluding hydrogens is 508 g/mol. The number of ether oxygens (including phenoxy) is 2. The molecular formula is C27H28N4O6S. The lowest BCUT2D eigenvalue weighted by Crippen LogP contribution is -2.39. The Bertz CT molecular complexity index is 1610. The number of hydrogen-bond donors (Lipinski definition) is 1. The zero-order valence-electron chi connectivity index (χ0n) is 21.4. The third kappa shape index (κ3) is 5.00. The second-order valence-electron chi connectivity index (χ2n) is 8.35. The van der Waals surface area contributed by atoms with E-state index in [0.29, 0.717) is 17.1 Å². The van der Waals surface area contributed by atoms with E-state index in [4.69, 9.17) is 9.47 Å². The number of sulfonamides is 1. The predicted molar refractivity (Wildman–Crippen MR) is 145 cm³/mol. The van der Waals surface area contributed by atoms with Crippen LogP contribution in [0.4, 0.5) is 11.4 Å². The molecule has 10 nitrogen and oxygen atoms in total. The molecule has 0 unspecified atom stereocenters. The Hall–Kier alpha value is -4.51. The molecule has 0 bridgehead atoms. The molecule has 0 aliphatic heterocycles. The zero-order chi connectivity index (χ0) is 27.4. The number of hydrogen-bond acceptors (Lipinski definition) is 6. The first kappa shape index (κ1) is 26.6. The molecule has 3 aromatic carbocycles. The van der Waals surface area contributed by atoms with E-state index in [1.54, 1.807) is 67.2 Å². The van der Waals surface area contributed by atoms with E-state index in [9.17, 15) is 18.0 Å². The highest BCUT2D eigenvalue weighted by Gasteiger charge is 2.30. The van der Waals surface area contributed by atoms with Crippen molar-refractivity contribution < 1.29 is 22.7 Å². The third-order valence-electron chi connectivity index (χ3n) is 6.09. The number of amides is 1. The number of nitrogens with one attached hydrogen (secondary N) is 1. The maximum Gasteiger partial charge on any atom is 0.295 e. The second kappa shape index (κ2) is 10.9. The van der Waals surface area contributed by atoms with E-state index in [2.05, 4.69) is 5.32 Å². The first-order chi connectivity index (χ1) is 18.2. The smallest absolute Gasteiger partial charge is 0.295 e. The molecule has 0 radical (unpaired) electrons. The van der Waals surface area contributed by atoms with Crippen molar-refractivity contribution in [2.75, 3.05) is 30.4 Å². The summed E-state index contributed by atoms with van der Waals surface area (Å²) >= 11 is 0. The van der Waals surface area contributed by atoms with E-state index in [0.717, 1.165) is 4.31 Å². The van der Waals surface area contributed by atoms with E-state index in [1.165, 1.54) is 43.2 Å². The number of benzene rings is 3. The Morgan fingerprint density at radius 2 is 1.58 bits per heavy atom. The standard InChI is InChI=1S/C27H28N4O6S/c1-19-26(27(33)31(29(19)2)20-11-7-5-8-12-20)28-25(32)18-30(38(34,35)22-13-9-6-10-14-22)23-16-15-21(36-3)17-24(23)37-4/h5-17H,18H2,1-4H3,(H,28,32). The maximum atomic E-state index is 13.7. The molecule has 11 heteroatoms. The summed E-state index contributed by atoms with van der Waals surface area (Å²) < 4.78 is 42.1. The average Bonchev–Trinajstić information content (AvgIpc) is 3.15. The number of rotatable bonds is 9. The lowest BCUT2D eigenvalue weighted by atomic mass is 10.2. The van der Waals surface area contributed by atoms with E-state index < -0.39 is 28.0 Å². The molecule has 4 aromatic rings. The number of carbonyl (C=O) groups is 1. The zero-order valence-corrected chi connectivity index (χ0v) is 22.2. The lowest BCUT2D eigenvalue weighted by Gasteiger charge is -2.25. The summed E-state index contributed by atoms with van der Waals surface area (Å²) in [6.45, 7) is 1.08. The van der Waals surface area contributed by atoms with Crippen LogP contribution in [-0.4, -0.2) is 44.5 Å². The van der Waals surface area contributed by atoms with Gasteiger partial charge in [-0.15, -0.1) is 0 Å². The Kier molecular flexibility index (Phi) is 7.58. The van der Waals surface area contributed by atoms with Gasteiger partial charge in [0.05, 0.1) is 36.2 Å². The first-order valence-electron chi connectivity index (χ1n) is 11.6. The fourth-order valence-electron chi connectivity index (χ4n) is 4.03. The number of nitrogens with zero attached hydrogens (tertiary/aromatic N) is 3. The molecule has 0 atom stereocenters. The summed E-state index contributed by atoms with van der Waals surface area (Å²) in [7, 11) is 0.376. The van der Waals surface area contributed by atoms with Gasteiger partial charge in [-0.1, -0.05) is 36.4 Å². The fraction of sp³-hybridized carbons (Fsp3) is 0.185. The van der Waals surface area contributed by atoms with Gasteiger partial charge in [0.25, 0.3) is 15.6 Å². The van der Waals surface area contributed by atoms with Crippen molar-refractivity contribution in [1.29, 1.82) is 0 Å². The molecule has 198 valence electrons. The minimum absolute atomic E-state index is 0.00649. The molecule has 1 N–H and O–H groups in total. The highest BCUT2D eigenvalue weighted by Crippen LogP contribution is 2.35. The van der Waals surface area contributed by atoms with E-state index in [1.807, 2.05) is 6.07 Å². The largest absolute Gasteiger partial charge is 0.497 e. The van der Waals surface area contributed by atoms with Crippen LogP contribution in [0.25, 0.3) is 5.69 Å². The predicted octanol–water partition coefficient (Wildman–Crippen LogP) is 3.34. The molecule has 4 rings (SSSR count). The summed E-state index contributed by atoms with van der Waals surface area (Å²) in [6.07, 6.45) is 0. The number of aromatic nitrogens is 2. The molecule has 1 heterocycles. The summed E-state index contributed by atoms with van der Waals surface area (Å²) in [4.78, 5) is 26.6. The highest BCUT2D eigenvalue weighted by molar-refractivity contribution is 7.92. The normalized spacial score (nSPS) is 11.2. The second-order valence-corrected chi connectivity index (χ2v) is 10.2. The van der Waals surface area contributed by atoms with Gasteiger partial charge in [0.15, 0.2) is 0 Å². The van der Waals surface area contributed by atoms with Gasteiger partial charge in [0.1, 0.15) is 23.7 Å². The molecule has 0 aliphatic carbocycles. The number of carbonyl (C=O) groups excluding carboxylic acids is 1. The van der Waals surface area contributed by atoms with Gasteiger partial charge >= 0.3 is 0 Å². The monoisotopic (exact) mass is 536 g/mol. The number of methoxy groups -OCH3 is 2. The molecule has 1 amide bonds. The highest BCUT2D eigenvalue weighted by atomic mass is 32.2. The number of anilines is 2. The van der Waals surface area contributed by atoms with Gasteiger partial charge in [0.2, 0.25) is 5.91 Å². The number of para-hydroxylation sites is 1. The minimum Gasteiger partial charge on any atom is -0.497 e. The molecule has 0 saturated carbocycles. The van der Waals surface area contributed by atoms with Crippen LogP contribution in [0.15, 0.2) is 88.6 Å². The van der Waals surface area contributed by atoms with Crippen molar-refractivity contribution in [2.24, 2.45) is 7.05 Å². The van der Waals surface area contributed by atoms with Gasteiger partial charge in [-0.2, -0.15) is 0 Å². The van der Waals surface area contributed by atoms with Gasteiger partial charge in [-0.25, -0.2) is 13.1 Å². The van der Waals surface area contributed by atoms with Gasteiger partial charge < -0.3 is 14.8 Å². The van der Waals surface area contributed by atoms with Crippen molar-refractivity contribution in [3.63, 3.8) is 0 Å². The summed E-state index contributed by atoms with van der Waals surface area (Å²) in [5, 5.41) is 2.63. The quantitative estimate of drug-likeness (QED) is 0.351. The molecule has 0 fully saturated rings. The van der Waals surface area contributed by atoms with Crippen LogP contribution in [0.3, 0.4) is 0 Å². The van der Waals surface area contributed by atoms with Crippen LogP contribution in [0.1, 0.15) is 5.69 Å². The van der Waals surface area contributed by atoms with Crippen molar-refractivity contribution in [3.8, 4) is 17.2 Å². The molecule has 0 spiro atoms. The van der Waals surface area contributed by atoms with Crippen LogP contribution in [-0.2, 0) is 21.9 Å².